The number of likely N-dealkylation sites (tertiary alicyclic amines) is 1. The van der Waals surface area contributed by atoms with E-state index in [0.717, 1.165) is 24.9 Å². The molecule has 0 aromatic heterocycles. The number of fused-ring (bicyclic) bond motifs is 1. The van der Waals surface area contributed by atoms with Crippen molar-refractivity contribution in [3.63, 3.8) is 0 Å². The molecule has 26 heavy (non-hydrogen) atoms. The molecule has 1 saturated heterocycles. The molecule has 1 atom stereocenters. The third-order valence-electron chi connectivity index (χ3n) is 6.22. The zero-order valence-electron chi connectivity index (χ0n) is 15.7. The van der Waals surface area contributed by atoms with Crippen LogP contribution in [-0.4, -0.2) is 37.1 Å². The summed E-state index contributed by atoms with van der Waals surface area (Å²) in [6.45, 7) is 6.97. The van der Waals surface area contributed by atoms with E-state index in [-0.39, 0.29) is 5.82 Å². The molecule has 1 fully saturated rings. The number of benzene rings is 2. The van der Waals surface area contributed by atoms with Gasteiger partial charge in [-0.1, -0.05) is 37.3 Å². The van der Waals surface area contributed by atoms with Crippen LogP contribution < -0.4 is 4.90 Å². The number of aryl methyl sites for hydroxylation is 1. The molecule has 2 heterocycles. The Morgan fingerprint density at radius 1 is 1.04 bits per heavy atom. The van der Waals surface area contributed by atoms with Crippen molar-refractivity contribution in [2.45, 2.75) is 44.6 Å². The van der Waals surface area contributed by atoms with Crippen LogP contribution >= 0.6 is 0 Å². The molecule has 2 aromatic carbocycles. The Labute approximate surface area is 156 Å². The third kappa shape index (κ3) is 3.64. The second kappa shape index (κ2) is 7.79. The number of hydrogen-bond acceptors (Lipinski definition) is 2. The van der Waals surface area contributed by atoms with Gasteiger partial charge in [0.25, 0.3) is 0 Å². The highest BCUT2D eigenvalue weighted by Gasteiger charge is 2.33. The first kappa shape index (κ1) is 17.5. The molecule has 0 bridgehead atoms. The molecule has 2 nitrogen and oxygen atoms in total. The van der Waals surface area contributed by atoms with Gasteiger partial charge in [0.15, 0.2) is 0 Å². The number of halogens is 1. The van der Waals surface area contributed by atoms with Crippen LogP contribution in [0, 0.1) is 5.82 Å². The Bertz CT molecular complexity index is 736. The lowest BCUT2D eigenvalue weighted by atomic mass is 9.94. The van der Waals surface area contributed by atoms with Gasteiger partial charge >= 0.3 is 0 Å². The summed E-state index contributed by atoms with van der Waals surface area (Å²) in [5.41, 5.74) is 4.03. The molecule has 0 amide bonds. The van der Waals surface area contributed by atoms with Crippen molar-refractivity contribution < 1.29 is 4.39 Å². The lowest BCUT2D eigenvalue weighted by molar-refractivity contribution is 0.218. The zero-order chi connectivity index (χ0) is 17.9. The van der Waals surface area contributed by atoms with Crippen LogP contribution in [-0.2, 0) is 6.42 Å². The molecule has 0 saturated carbocycles. The molecule has 3 heteroatoms. The standard InChI is InChI=1S/C23H29FN2/c1-2-25-14-12-21(13-15-25)26-17-19(22-8-3-4-9-23(22)26)11-10-18-6-5-7-20(24)16-18/h3-9,16,19,21H,2,10-15,17H2,1H3. The summed E-state index contributed by atoms with van der Waals surface area (Å²) in [5, 5.41) is 0. The quantitative estimate of drug-likeness (QED) is 0.759. The summed E-state index contributed by atoms with van der Waals surface area (Å²) in [6.07, 6.45) is 4.56. The van der Waals surface area contributed by atoms with Crippen LogP contribution in [0.5, 0.6) is 0 Å². The molecule has 138 valence electrons. The fourth-order valence-electron chi connectivity index (χ4n) is 4.70. The molecule has 2 aliphatic heterocycles. The van der Waals surface area contributed by atoms with Crippen molar-refractivity contribution in [1.82, 2.24) is 4.90 Å². The highest BCUT2D eigenvalue weighted by molar-refractivity contribution is 5.61. The first-order valence-corrected chi connectivity index (χ1v) is 10.1. The van der Waals surface area contributed by atoms with E-state index in [0.29, 0.717) is 12.0 Å². The minimum absolute atomic E-state index is 0.126. The zero-order valence-corrected chi connectivity index (χ0v) is 15.7. The molecule has 4 rings (SSSR count). The second-order valence-corrected chi connectivity index (χ2v) is 7.74. The maximum atomic E-state index is 13.5. The van der Waals surface area contributed by atoms with Crippen molar-refractivity contribution >= 4 is 5.69 Å². The summed E-state index contributed by atoms with van der Waals surface area (Å²) >= 11 is 0. The summed E-state index contributed by atoms with van der Waals surface area (Å²) in [4.78, 5) is 5.22. The van der Waals surface area contributed by atoms with Gasteiger partial charge in [-0.25, -0.2) is 4.39 Å². The number of anilines is 1. The van der Waals surface area contributed by atoms with Gasteiger partial charge in [-0.05, 0) is 61.6 Å². The molecule has 1 unspecified atom stereocenters. The highest BCUT2D eigenvalue weighted by atomic mass is 19.1. The van der Waals surface area contributed by atoms with Crippen molar-refractivity contribution in [3.8, 4) is 0 Å². The predicted octanol–water partition coefficient (Wildman–Crippen LogP) is 4.85. The van der Waals surface area contributed by atoms with E-state index in [1.54, 1.807) is 6.07 Å². The van der Waals surface area contributed by atoms with E-state index in [4.69, 9.17) is 0 Å². The average molecular weight is 352 g/mol. The topological polar surface area (TPSA) is 6.48 Å². The van der Waals surface area contributed by atoms with Crippen molar-refractivity contribution in [2.75, 3.05) is 31.1 Å². The van der Waals surface area contributed by atoms with Gasteiger partial charge in [0.2, 0.25) is 0 Å². The fraction of sp³-hybridized carbons (Fsp3) is 0.478. The van der Waals surface area contributed by atoms with E-state index in [1.807, 2.05) is 12.1 Å². The number of piperidine rings is 1. The van der Waals surface area contributed by atoms with Crippen LogP contribution in [0.1, 0.15) is 43.2 Å². The Morgan fingerprint density at radius 3 is 2.62 bits per heavy atom. The van der Waals surface area contributed by atoms with Crippen LogP contribution in [0.3, 0.4) is 0 Å². The fourth-order valence-corrected chi connectivity index (χ4v) is 4.70. The van der Waals surface area contributed by atoms with E-state index in [1.165, 1.54) is 49.8 Å². The number of rotatable bonds is 5. The van der Waals surface area contributed by atoms with Crippen molar-refractivity contribution in [3.05, 3.63) is 65.5 Å². The van der Waals surface area contributed by atoms with Gasteiger partial charge in [0, 0.05) is 37.3 Å². The molecule has 0 aliphatic carbocycles. The molecule has 0 radical (unpaired) electrons. The van der Waals surface area contributed by atoms with E-state index < -0.39 is 0 Å². The third-order valence-corrected chi connectivity index (χ3v) is 6.22. The Hall–Kier alpha value is -1.87. The van der Waals surface area contributed by atoms with E-state index >= 15 is 0 Å². The van der Waals surface area contributed by atoms with Gasteiger partial charge in [-0.15, -0.1) is 0 Å². The Kier molecular flexibility index (Phi) is 5.26. The first-order chi connectivity index (χ1) is 12.7. The molecule has 2 aliphatic rings. The van der Waals surface area contributed by atoms with Crippen LogP contribution in [0.4, 0.5) is 10.1 Å². The van der Waals surface area contributed by atoms with Gasteiger partial charge < -0.3 is 9.80 Å². The monoisotopic (exact) mass is 352 g/mol. The van der Waals surface area contributed by atoms with E-state index in [9.17, 15) is 4.39 Å². The molecular formula is C23H29FN2. The normalized spacial score (nSPS) is 21.2. The molecule has 0 N–H and O–H groups in total. The van der Waals surface area contributed by atoms with E-state index in [2.05, 4.69) is 41.0 Å². The first-order valence-electron chi connectivity index (χ1n) is 10.1. The minimum Gasteiger partial charge on any atom is -0.368 e. The summed E-state index contributed by atoms with van der Waals surface area (Å²) in [7, 11) is 0. The highest BCUT2D eigenvalue weighted by Crippen LogP contribution is 2.41. The number of hydrogen-bond donors (Lipinski definition) is 0. The largest absolute Gasteiger partial charge is 0.368 e. The van der Waals surface area contributed by atoms with Gasteiger partial charge in [0.05, 0.1) is 0 Å². The molecular weight excluding hydrogens is 323 g/mol. The maximum Gasteiger partial charge on any atom is 0.123 e. The second-order valence-electron chi connectivity index (χ2n) is 7.74. The van der Waals surface area contributed by atoms with Crippen molar-refractivity contribution in [1.29, 1.82) is 0 Å². The minimum atomic E-state index is -0.126. The molecule has 0 spiro atoms. The van der Waals surface area contributed by atoms with Gasteiger partial charge in [0.1, 0.15) is 5.82 Å². The number of nitrogens with zero attached hydrogens (tertiary/aromatic N) is 2. The van der Waals surface area contributed by atoms with Crippen molar-refractivity contribution in [2.24, 2.45) is 0 Å². The van der Waals surface area contributed by atoms with Crippen LogP contribution in [0.25, 0.3) is 0 Å². The summed E-state index contributed by atoms with van der Waals surface area (Å²) in [5.74, 6) is 0.428. The number of para-hydroxylation sites is 1. The Balaban J connectivity index is 1.46. The summed E-state index contributed by atoms with van der Waals surface area (Å²) in [6, 6.07) is 16.7. The summed E-state index contributed by atoms with van der Waals surface area (Å²) < 4.78 is 13.5. The lowest BCUT2D eigenvalue weighted by Crippen LogP contribution is -2.44. The predicted molar refractivity (Wildman–Crippen MR) is 106 cm³/mol. The van der Waals surface area contributed by atoms with Gasteiger partial charge in [-0.3, -0.25) is 0 Å². The van der Waals surface area contributed by atoms with Gasteiger partial charge in [-0.2, -0.15) is 0 Å². The van der Waals surface area contributed by atoms with Crippen LogP contribution in [0.2, 0.25) is 0 Å². The maximum absolute atomic E-state index is 13.5. The molecule has 2 aromatic rings. The Morgan fingerprint density at radius 2 is 1.85 bits per heavy atom. The van der Waals surface area contributed by atoms with Crippen LogP contribution in [0.15, 0.2) is 48.5 Å². The smallest absolute Gasteiger partial charge is 0.123 e. The lowest BCUT2D eigenvalue weighted by Gasteiger charge is -2.38. The SMILES string of the molecule is CCN1CCC(N2CC(CCc3cccc(F)c3)c3ccccc32)CC1. The average Bonchev–Trinajstić information content (AvgIpc) is 3.05.